The molecule has 1 N–H and O–H groups in total. The monoisotopic (exact) mass is 350 g/mol. The third-order valence-electron chi connectivity index (χ3n) is 4.10. The molecule has 24 heavy (non-hydrogen) atoms. The molecule has 1 aromatic carbocycles. The molecule has 0 fully saturated rings. The van der Waals surface area contributed by atoms with Gasteiger partial charge in [-0.2, -0.15) is 0 Å². The number of rotatable bonds is 4. The fraction of sp³-hybridized carbons (Fsp3) is 0.471. The van der Waals surface area contributed by atoms with Crippen LogP contribution in [0.25, 0.3) is 0 Å². The molecule has 130 valence electrons. The molecule has 1 heterocycles. The van der Waals surface area contributed by atoms with E-state index in [4.69, 9.17) is 4.74 Å². The number of benzene rings is 1. The van der Waals surface area contributed by atoms with Crippen molar-refractivity contribution >= 4 is 35.2 Å². The number of hydrogen-bond donors (Lipinski definition) is 1. The molecule has 0 saturated carbocycles. The van der Waals surface area contributed by atoms with Gasteiger partial charge >= 0.3 is 5.97 Å². The van der Waals surface area contributed by atoms with E-state index in [1.54, 1.807) is 14.0 Å². The van der Waals surface area contributed by atoms with Gasteiger partial charge in [-0.15, -0.1) is 0 Å². The van der Waals surface area contributed by atoms with E-state index in [1.807, 2.05) is 38.1 Å². The van der Waals surface area contributed by atoms with E-state index in [9.17, 15) is 14.4 Å². The maximum Gasteiger partial charge on any atom is 0.328 e. The summed E-state index contributed by atoms with van der Waals surface area (Å²) in [5.74, 6) is -1.50. The van der Waals surface area contributed by atoms with Crippen LogP contribution in [0.4, 0.5) is 5.69 Å². The topological polar surface area (TPSA) is 75.7 Å². The van der Waals surface area contributed by atoms with E-state index in [1.165, 1.54) is 23.8 Å². The van der Waals surface area contributed by atoms with Crippen LogP contribution >= 0.6 is 11.8 Å². The van der Waals surface area contributed by atoms with Gasteiger partial charge in [0.2, 0.25) is 5.91 Å². The summed E-state index contributed by atoms with van der Waals surface area (Å²) in [6.45, 7) is 5.19. The molecule has 2 unspecified atom stereocenters. The van der Waals surface area contributed by atoms with Gasteiger partial charge in [0.15, 0.2) is 4.75 Å². The Kier molecular flexibility index (Phi) is 5.22. The molecule has 0 bridgehead atoms. The molecular weight excluding hydrogens is 328 g/mol. The number of methoxy groups -OCH3 is 1. The minimum Gasteiger partial charge on any atom is -0.467 e. The molecule has 0 radical (unpaired) electrons. The minimum atomic E-state index is -1.34. The van der Waals surface area contributed by atoms with Crippen LogP contribution in [0, 0.1) is 5.92 Å². The molecule has 1 aliphatic rings. The Labute approximate surface area is 145 Å². The second-order valence-corrected chi connectivity index (χ2v) is 7.65. The van der Waals surface area contributed by atoms with Crippen molar-refractivity contribution in [3.05, 3.63) is 24.3 Å². The Morgan fingerprint density at radius 2 is 1.92 bits per heavy atom. The number of ether oxygens (including phenoxy) is 1. The number of anilines is 1. The number of nitrogens with zero attached hydrogens (tertiary/aromatic N) is 1. The third-order valence-corrected chi connectivity index (χ3v) is 5.43. The van der Waals surface area contributed by atoms with Crippen molar-refractivity contribution in [3.8, 4) is 0 Å². The molecule has 6 nitrogen and oxygen atoms in total. The molecule has 1 aromatic rings. The van der Waals surface area contributed by atoms with E-state index in [2.05, 4.69) is 5.32 Å². The molecule has 0 aromatic heterocycles. The fourth-order valence-electron chi connectivity index (χ4n) is 2.56. The summed E-state index contributed by atoms with van der Waals surface area (Å²) in [5.41, 5.74) is 0.770. The van der Waals surface area contributed by atoms with Crippen molar-refractivity contribution in [2.45, 2.75) is 36.5 Å². The first kappa shape index (κ1) is 18.3. The van der Waals surface area contributed by atoms with E-state index in [-0.39, 0.29) is 11.8 Å². The number of thioether (sulfide) groups is 1. The first-order valence-electron chi connectivity index (χ1n) is 7.67. The lowest BCUT2D eigenvalue weighted by molar-refractivity contribution is -0.147. The van der Waals surface area contributed by atoms with E-state index < -0.39 is 22.7 Å². The quantitative estimate of drug-likeness (QED) is 0.662. The molecule has 0 saturated heterocycles. The van der Waals surface area contributed by atoms with Crippen molar-refractivity contribution < 1.29 is 19.1 Å². The average Bonchev–Trinajstić information content (AvgIpc) is 2.56. The van der Waals surface area contributed by atoms with Gasteiger partial charge in [0.05, 0.1) is 12.8 Å². The first-order valence-corrected chi connectivity index (χ1v) is 8.49. The number of hydrogen-bond acceptors (Lipinski definition) is 5. The summed E-state index contributed by atoms with van der Waals surface area (Å²) in [6, 6.07) is 6.62. The number of carbonyl (C=O) groups excluding carboxylic acids is 3. The molecule has 7 heteroatoms. The number of carbonyl (C=O) groups is 3. The molecular formula is C17H22N2O4S. The summed E-state index contributed by atoms with van der Waals surface area (Å²) in [7, 11) is 2.92. The highest BCUT2D eigenvalue weighted by Crippen LogP contribution is 2.44. The van der Waals surface area contributed by atoms with Crippen LogP contribution in [0.2, 0.25) is 0 Å². The number of para-hydroxylation sites is 1. The molecule has 0 spiro atoms. The van der Waals surface area contributed by atoms with Crippen LogP contribution in [-0.4, -0.2) is 42.7 Å². The van der Waals surface area contributed by atoms with Crippen molar-refractivity contribution in [1.82, 2.24) is 5.32 Å². The summed E-state index contributed by atoms with van der Waals surface area (Å²) < 4.78 is 3.40. The summed E-state index contributed by atoms with van der Waals surface area (Å²) >= 11 is 1.20. The fourth-order valence-corrected chi connectivity index (χ4v) is 3.83. The number of nitrogens with one attached hydrogen (secondary N) is 1. The zero-order chi connectivity index (χ0) is 18.1. The van der Waals surface area contributed by atoms with Crippen molar-refractivity contribution in [2.75, 3.05) is 19.1 Å². The van der Waals surface area contributed by atoms with Gasteiger partial charge in [-0.1, -0.05) is 37.7 Å². The van der Waals surface area contributed by atoms with Crippen LogP contribution < -0.4 is 10.2 Å². The van der Waals surface area contributed by atoms with Crippen LogP contribution in [0.15, 0.2) is 29.2 Å². The minimum absolute atomic E-state index is 0.154. The second kappa shape index (κ2) is 6.84. The average molecular weight is 350 g/mol. The normalized spacial score (nSPS) is 21.2. The van der Waals surface area contributed by atoms with Crippen LogP contribution in [0.5, 0.6) is 0 Å². The van der Waals surface area contributed by atoms with Gasteiger partial charge < -0.3 is 15.0 Å². The predicted octanol–water partition coefficient (Wildman–Crippen LogP) is 1.83. The van der Waals surface area contributed by atoms with Crippen molar-refractivity contribution in [1.29, 1.82) is 0 Å². The standard InChI is InChI=1S/C17H22N2O4S/c1-10(2)13(14(20)23-5)18-15(21)17(3)16(22)19(4)11-8-6-7-9-12(11)24-17/h6-10,13H,1-5H3,(H,18,21). The highest BCUT2D eigenvalue weighted by molar-refractivity contribution is 8.02. The SMILES string of the molecule is COC(=O)C(NC(=O)C1(C)Sc2ccccc2N(C)C1=O)C(C)C. The van der Waals surface area contributed by atoms with Gasteiger partial charge in [0.25, 0.3) is 5.91 Å². The maximum absolute atomic E-state index is 12.8. The van der Waals surface area contributed by atoms with Crippen LogP contribution in [-0.2, 0) is 19.1 Å². The van der Waals surface area contributed by atoms with Gasteiger partial charge in [-0.25, -0.2) is 4.79 Å². The molecule has 1 aliphatic heterocycles. The molecule has 2 atom stereocenters. The summed E-state index contributed by atoms with van der Waals surface area (Å²) in [5, 5.41) is 2.68. The lowest BCUT2D eigenvalue weighted by Gasteiger charge is -2.37. The van der Waals surface area contributed by atoms with Gasteiger partial charge in [0.1, 0.15) is 6.04 Å². The highest BCUT2D eigenvalue weighted by atomic mass is 32.2. The van der Waals surface area contributed by atoms with Crippen molar-refractivity contribution in [3.63, 3.8) is 0 Å². The summed E-state index contributed by atoms with van der Waals surface area (Å²) in [6.07, 6.45) is 0. The Hall–Kier alpha value is -2.02. The number of amides is 2. The van der Waals surface area contributed by atoms with E-state index >= 15 is 0 Å². The lowest BCUT2D eigenvalue weighted by Crippen LogP contribution is -2.59. The Bertz CT molecular complexity index is 676. The maximum atomic E-state index is 12.8. The van der Waals surface area contributed by atoms with Crippen LogP contribution in [0.3, 0.4) is 0 Å². The van der Waals surface area contributed by atoms with Gasteiger partial charge in [0, 0.05) is 11.9 Å². The lowest BCUT2D eigenvalue weighted by atomic mass is 10.0. The van der Waals surface area contributed by atoms with Crippen molar-refractivity contribution in [2.24, 2.45) is 5.92 Å². The Morgan fingerprint density at radius 3 is 2.50 bits per heavy atom. The Balaban J connectivity index is 2.31. The van der Waals surface area contributed by atoms with Gasteiger partial charge in [-0.3, -0.25) is 9.59 Å². The predicted molar refractivity (Wildman–Crippen MR) is 92.9 cm³/mol. The smallest absolute Gasteiger partial charge is 0.328 e. The zero-order valence-electron chi connectivity index (χ0n) is 14.5. The number of esters is 1. The largest absolute Gasteiger partial charge is 0.467 e. The molecule has 2 rings (SSSR count). The van der Waals surface area contributed by atoms with Gasteiger partial charge in [-0.05, 0) is 25.0 Å². The zero-order valence-corrected chi connectivity index (χ0v) is 15.3. The summed E-state index contributed by atoms with van der Waals surface area (Å²) in [4.78, 5) is 39.8. The molecule has 2 amide bonds. The Morgan fingerprint density at radius 1 is 1.29 bits per heavy atom. The first-order chi connectivity index (χ1) is 11.2. The number of fused-ring (bicyclic) bond motifs is 1. The van der Waals surface area contributed by atoms with Crippen LogP contribution in [0.1, 0.15) is 20.8 Å². The highest BCUT2D eigenvalue weighted by Gasteiger charge is 2.49. The van der Waals surface area contributed by atoms with E-state index in [0.717, 1.165) is 10.6 Å². The third kappa shape index (κ3) is 3.13. The van der Waals surface area contributed by atoms with E-state index in [0.29, 0.717) is 0 Å². The molecule has 0 aliphatic carbocycles. The second-order valence-electron chi connectivity index (χ2n) is 6.19.